The number of nitrogens with zero attached hydrogens (tertiary/aromatic N) is 1. The fraction of sp³-hybridized carbons (Fsp3) is 0.417. The van der Waals surface area contributed by atoms with Gasteiger partial charge >= 0.3 is 6.08 Å². The number of rotatable bonds is 2. The molecule has 0 amide bonds. The van der Waals surface area contributed by atoms with Crippen LogP contribution in [-0.2, 0) is 9.47 Å². The third-order valence-electron chi connectivity index (χ3n) is 2.53. The zero-order valence-corrected chi connectivity index (χ0v) is 9.64. The molecule has 0 unspecified atom stereocenters. The predicted octanol–water partition coefficient (Wildman–Crippen LogP) is 2.51. The molecule has 1 fully saturated rings. The Hall–Kier alpha value is -1.71. The molecule has 1 aliphatic heterocycles. The van der Waals surface area contributed by atoms with Gasteiger partial charge in [-0.2, -0.15) is 4.99 Å². The molecule has 86 valence electrons. The first-order chi connectivity index (χ1) is 7.69. The van der Waals surface area contributed by atoms with E-state index in [2.05, 4.69) is 4.99 Å². The van der Waals surface area contributed by atoms with Crippen molar-refractivity contribution in [1.82, 2.24) is 0 Å². The first kappa shape index (κ1) is 10.8. The second-order valence-electron chi connectivity index (χ2n) is 3.72. The van der Waals surface area contributed by atoms with E-state index in [9.17, 15) is 0 Å². The highest BCUT2D eigenvalue weighted by molar-refractivity contribution is 5.73. The third-order valence-corrected chi connectivity index (χ3v) is 2.53. The molecule has 0 bridgehead atoms. The minimum Gasteiger partial charge on any atom is -0.497 e. The Morgan fingerprint density at radius 1 is 1.06 bits per heavy atom. The van der Waals surface area contributed by atoms with Gasteiger partial charge in [-0.05, 0) is 38.1 Å². The smallest absolute Gasteiger partial charge is 0.389 e. The number of hydrogen-bond donors (Lipinski definition) is 0. The van der Waals surface area contributed by atoms with Gasteiger partial charge in [-0.25, -0.2) is 0 Å². The summed E-state index contributed by atoms with van der Waals surface area (Å²) in [5.41, 5.74) is 0.789. The maximum atomic E-state index is 5.43. The van der Waals surface area contributed by atoms with Crippen LogP contribution in [-0.4, -0.2) is 25.4 Å². The molecule has 0 radical (unpaired) electrons. The van der Waals surface area contributed by atoms with E-state index in [-0.39, 0.29) is 12.2 Å². The summed E-state index contributed by atoms with van der Waals surface area (Å²) in [5.74, 6) is 0.805. The summed E-state index contributed by atoms with van der Waals surface area (Å²) in [7, 11) is 1.63. The van der Waals surface area contributed by atoms with Crippen molar-refractivity contribution in [3.05, 3.63) is 24.3 Å². The van der Waals surface area contributed by atoms with Crippen LogP contribution >= 0.6 is 0 Å². The molecular weight excluding hydrogens is 206 g/mol. The molecule has 0 N–H and O–H groups in total. The van der Waals surface area contributed by atoms with Crippen molar-refractivity contribution in [1.29, 1.82) is 0 Å². The molecule has 1 saturated heterocycles. The van der Waals surface area contributed by atoms with Gasteiger partial charge in [-0.15, -0.1) is 0 Å². The molecule has 4 nitrogen and oxygen atoms in total. The average molecular weight is 221 g/mol. The fourth-order valence-electron chi connectivity index (χ4n) is 1.35. The van der Waals surface area contributed by atoms with Crippen LogP contribution in [0.25, 0.3) is 0 Å². The third kappa shape index (κ3) is 2.27. The van der Waals surface area contributed by atoms with Gasteiger partial charge in [0.25, 0.3) is 0 Å². The maximum absolute atomic E-state index is 5.43. The van der Waals surface area contributed by atoms with Crippen LogP contribution in [0.5, 0.6) is 5.75 Å². The minimum absolute atomic E-state index is 0.0528. The largest absolute Gasteiger partial charge is 0.497 e. The zero-order chi connectivity index (χ0) is 11.5. The summed E-state index contributed by atoms with van der Waals surface area (Å²) >= 11 is 0. The molecule has 2 rings (SSSR count). The Kier molecular flexibility index (Phi) is 2.99. The standard InChI is InChI=1S/C12H15NO3/c1-8-9(2)16-12(15-8)13-10-4-6-11(14-3)7-5-10/h4-9H,1-3H3/t8-,9+. The topological polar surface area (TPSA) is 40.0 Å². The van der Waals surface area contributed by atoms with E-state index in [1.807, 2.05) is 38.1 Å². The maximum Gasteiger partial charge on any atom is 0.389 e. The van der Waals surface area contributed by atoms with E-state index in [1.165, 1.54) is 0 Å². The van der Waals surface area contributed by atoms with Gasteiger partial charge in [0, 0.05) is 0 Å². The average Bonchev–Trinajstić information content (AvgIpc) is 2.59. The van der Waals surface area contributed by atoms with E-state index < -0.39 is 0 Å². The lowest BCUT2D eigenvalue weighted by Gasteiger charge is -2.01. The number of ether oxygens (including phenoxy) is 3. The molecule has 0 aromatic heterocycles. The summed E-state index contributed by atoms with van der Waals surface area (Å²) in [6.07, 6.45) is 0.444. The molecular formula is C12H15NO3. The van der Waals surface area contributed by atoms with Crippen molar-refractivity contribution in [2.75, 3.05) is 7.11 Å². The highest BCUT2D eigenvalue weighted by Gasteiger charge is 2.27. The van der Waals surface area contributed by atoms with Crippen molar-refractivity contribution in [3.63, 3.8) is 0 Å². The number of aliphatic imine (C=N–C) groups is 1. The van der Waals surface area contributed by atoms with Crippen molar-refractivity contribution in [2.24, 2.45) is 4.99 Å². The number of benzene rings is 1. The molecule has 2 atom stereocenters. The van der Waals surface area contributed by atoms with Gasteiger partial charge in [0.05, 0.1) is 12.8 Å². The predicted molar refractivity (Wildman–Crippen MR) is 61.2 cm³/mol. The molecule has 1 aromatic carbocycles. The van der Waals surface area contributed by atoms with Crippen molar-refractivity contribution in [3.8, 4) is 5.75 Å². The van der Waals surface area contributed by atoms with Crippen molar-refractivity contribution >= 4 is 11.8 Å². The lowest BCUT2D eigenvalue weighted by molar-refractivity contribution is 0.187. The minimum atomic E-state index is 0.0528. The molecule has 0 spiro atoms. The second kappa shape index (κ2) is 4.43. The summed E-state index contributed by atoms with van der Waals surface area (Å²) in [5, 5.41) is 0. The Morgan fingerprint density at radius 2 is 1.62 bits per heavy atom. The monoisotopic (exact) mass is 221 g/mol. The van der Waals surface area contributed by atoms with Crippen LogP contribution in [0.15, 0.2) is 29.3 Å². The number of methoxy groups -OCH3 is 1. The Bertz CT molecular complexity index is 374. The van der Waals surface area contributed by atoms with Gasteiger partial charge in [-0.1, -0.05) is 0 Å². The Morgan fingerprint density at radius 3 is 2.12 bits per heavy atom. The fourth-order valence-corrected chi connectivity index (χ4v) is 1.35. The van der Waals surface area contributed by atoms with Gasteiger partial charge in [0.2, 0.25) is 0 Å². The molecule has 4 heteroatoms. The van der Waals surface area contributed by atoms with Crippen LogP contribution < -0.4 is 4.74 Å². The van der Waals surface area contributed by atoms with Crippen LogP contribution in [0.1, 0.15) is 13.8 Å². The van der Waals surface area contributed by atoms with Crippen LogP contribution in [0.2, 0.25) is 0 Å². The zero-order valence-electron chi connectivity index (χ0n) is 9.64. The van der Waals surface area contributed by atoms with E-state index in [0.29, 0.717) is 6.08 Å². The molecule has 16 heavy (non-hydrogen) atoms. The summed E-state index contributed by atoms with van der Waals surface area (Å²) in [6, 6.07) is 7.40. The first-order valence-electron chi connectivity index (χ1n) is 5.25. The Labute approximate surface area is 94.9 Å². The lowest BCUT2D eigenvalue weighted by atomic mass is 10.3. The Balaban J connectivity index is 2.11. The number of hydrogen-bond acceptors (Lipinski definition) is 4. The van der Waals surface area contributed by atoms with E-state index in [1.54, 1.807) is 7.11 Å². The molecule has 1 aliphatic rings. The van der Waals surface area contributed by atoms with Gasteiger partial charge in [-0.3, -0.25) is 0 Å². The van der Waals surface area contributed by atoms with E-state index >= 15 is 0 Å². The summed E-state index contributed by atoms with van der Waals surface area (Å²) < 4.78 is 15.9. The van der Waals surface area contributed by atoms with Crippen molar-refractivity contribution < 1.29 is 14.2 Å². The van der Waals surface area contributed by atoms with Gasteiger partial charge in [0.1, 0.15) is 18.0 Å². The van der Waals surface area contributed by atoms with Crippen LogP contribution in [0, 0.1) is 0 Å². The second-order valence-corrected chi connectivity index (χ2v) is 3.72. The molecule has 1 heterocycles. The van der Waals surface area contributed by atoms with E-state index in [0.717, 1.165) is 11.4 Å². The van der Waals surface area contributed by atoms with Gasteiger partial charge in [0.15, 0.2) is 0 Å². The van der Waals surface area contributed by atoms with E-state index in [4.69, 9.17) is 14.2 Å². The molecule has 0 saturated carbocycles. The van der Waals surface area contributed by atoms with Crippen LogP contribution in [0.3, 0.4) is 0 Å². The van der Waals surface area contributed by atoms with Gasteiger partial charge < -0.3 is 14.2 Å². The van der Waals surface area contributed by atoms with Crippen molar-refractivity contribution in [2.45, 2.75) is 26.1 Å². The summed E-state index contributed by atoms with van der Waals surface area (Å²) in [6.45, 7) is 3.92. The highest BCUT2D eigenvalue weighted by Crippen LogP contribution is 2.21. The normalized spacial score (nSPS) is 26.3. The van der Waals surface area contributed by atoms with Crippen LogP contribution in [0.4, 0.5) is 5.69 Å². The molecule has 1 aromatic rings. The quantitative estimate of drug-likeness (QED) is 0.770. The summed E-state index contributed by atoms with van der Waals surface area (Å²) in [4.78, 5) is 4.25. The highest BCUT2D eigenvalue weighted by atomic mass is 16.7. The SMILES string of the molecule is COc1ccc(N=C2O[C@@H](C)[C@@H](C)O2)cc1. The lowest BCUT2D eigenvalue weighted by Crippen LogP contribution is -2.13. The first-order valence-corrected chi connectivity index (χ1v) is 5.25. The molecule has 0 aliphatic carbocycles.